The highest BCUT2D eigenvalue weighted by atomic mass is 19.1. The van der Waals surface area contributed by atoms with Gasteiger partial charge in [-0.15, -0.1) is 0 Å². The van der Waals surface area contributed by atoms with Gasteiger partial charge in [0.05, 0.1) is 11.6 Å². The fourth-order valence-electron chi connectivity index (χ4n) is 2.38. The lowest BCUT2D eigenvalue weighted by Crippen LogP contribution is -2.18. The van der Waals surface area contributed by atoms with Crippen molar-refractivity contribution in [3.8, 4) is 17.2 Å². The maximum Gasteiger partial charge on any atom is 0.125 e. The van der Waals surface area contributed by atoms with Crippen molar-refractivity contribution in [3.63, 3.8) is 0 Å². The first-order chi connectivity index (χ1) is 10.0. The van der Waals surface area contributed by atoms with E-state index in [-0.39, 0.29) is 17.4 Å². The minimum absolute atomic E-state index is 0.000553. The number of nitrogens with one attached hydrogen (secondary N) is 1. The third-order valence-electron chi connectivity index (χ3n) is 3.33. The highest BCUT2D eigenvalue weighted by Crippen LogP contribution is 2.30. The van der Waals surface area contributed by atoms with Gasteiger partial charge in [-0.25, -0.2) is 8.78 Å². The molecule has 0 aliphatic heterocycles. The molecule has 1 unspecified atom stereocenters. The summed E-state index contributed by atoms with van der Waals surface area (Å²) in [4.78, 5) is 0. The van der Waals surface area contributed by atoms with E-state index in [2.05, 4.69) is 5.32 Å². The van der Waals surface area contributed by atoms with E-state index in [1.165, 1.54) is 18.2 Å². The van der Waals surface area contributed by atoms with Crippen LogP contribution in [0.2, 0.25) is 0 Å². The number of rotatable bonds is 4. The molecule has 2 nitrogen and oxygen atoms in total. The predicted octanol–water partition coefficient (Wildman–Crippen LogP) is 4.17. The van der Waals surface area contributed by atoms with E-state index in [1.54, 1.807) is 12.1 Å². The van der Waals surface area contributed by atoms with Gasteiger partial charge in [0.1, 0.15) is 11.6 Å². The van der Waals surface area contributed by atoms with Gasteiger partial charge in [0.2, 0.25) is 0 Å². The van der Waals surface area contributed by atoms with Crippen LogP contribution in [0.1, 0.15) is 31.0 Å². The van der Waals surface area contributed by atoms with Crippen molar-refractivity contribution in [1.82, 2.24) is 5.32 Å². The zero-order chi connectivity index (χ0) is 15.4. The number of hydrogen-bond acceptors (Lipinski definition) is 2. The standard InChI is InChI=1S/C17H16F2N2/c1-3-21-11(2)16-5-4-14(18)9-17(16)13-6-12(10-20)7-15(19)8-13/h4-9,11,21H,3H2,1-2H3. The van der Waals surface area contributed by atoms with E-state index in [0.29, 0.717) is 11.1 Å². The molecule has 0 amide bonds. The van der Waals surface area contributed by atoms with Gasteiger partial charge < -0.3 is 5.32 Å². The molecule has 0 aliphatic carbocycles. The monoisotopic (exact) mass is 286 g/mol. The highest BCUT2D eigenvalue weighted by molar-refractivity contribution is 5.69. The maximum atomic E-state index is 13.6. The van der Waals surface area contributed by atoms with Gasteiger partial charge in [0.15, 0.2) is 0 Å². The molecule has 0 saturated heterocycles. The molecule has 21 heavy (non-hydrogen) atoms. The van der Waals surface area contributed by atoms with E-state index in [0.717, 1.165) is 18.2 Å². The smallest absolute Gasteiger partial charge is 0.125 e. The van der Waals surface area contributed by atoms with Crippen molar-refractivity contribution in [2.45, 2.75) is 19.9 Å². The SMILES string of the molecule is CCNC(C)c1ccc(F)cc1-c1cc(F)cc(C#N)c1. The second-order valence-corrected chi connectivity index (χ2v) is 4.85. The van der Waals surface area contributed by atoms with Crippen LogP contribution in [0.25, 0.3) is 11.1 Å². The van der Waals surface area contributed by atoms with E-state index in [9.17, 15) is 8.78 Å². The fourth-order valence-corrected chi connectivity index (χ4v) is 2.38. The molecule has 2 rings (SSSR count). The lowest BCUT2D eigenvalue weighted by Gasteiger charge is -2.18. The summed E-state index contributed by atoms with van der Waals surface area (Å²) >= 11 is 0. The van der Waals surface area contributed by atoms with Crippen LogP contribution in [-0.2, 0) is 0 Å². The summed E-state index contributed by atoms with van der Waals surface area (Å²) in [5.74, 6) is -0.893. The molecule has 0 aliphatic rings. The van der Waals surface area contributed by atoms with Crippen LogP contribution in [0.5, 0.6) is 0 Å². The molecular formula is C17H16F2N2. The van der Waals surface area contributed by atoms with Gasteiger partial charge in [-0.3, -0.25) is 0 Å². The Bertz CT molecular complexity index is 690. The normalized spacial score (nSPS) is 12.0. The van der Waals surface area contributed by atoms with Gasteiger partial charge in [0, 0.05) is 6.04 Å². The average molecular weight is 286 g/mol. The third kappa shape index (κ3) is 3.45. The van der Waals surface area contributed by atoms with Crippen LogP contribution in [0.3, 0.4) is 0 Å². The number of nitrogens with zero attached hydrogens (tertiary/aromatic N) is 1. The van der Waals surface area contributed by atoms with Gasteiger partial charge >= 0.3 is 0 Å². The Morgan fingerprint density at radius 3 is 2.57 bits per heavy atom. The van der Waals surface area contributed by atoms with Crippen LogP contribution >= 0.6 is 0 Å². The quantitative estimate of drug-likeness (QED) is 0.915. The number of benzene rings is 2. The van der Waals surface area contributed by atoms with Gasteiger partial charge in [-0.2, -0.15) is 5.26 Å². The summed E-state index contributed by atoms with van der Waals surface area (Å²) in [6.07, 6.45) is 0. The molecule has 2 aromatic carbocycles. The molecule has 1 atom stereocenters. The van der Waals surface area contributed by atoms with Gasteiger partial charge in [-0.1, -0.05) is 13.0 Å². The van der Waals surface area contributed by atoms with Crippen LogP contribution < -0.4 is 5.32 Å². The molecule has 1 N–H and O–H groups in total. The molecular weight excluding hydrogens is 270 g/mol. The van der Waals surface area contributed by atoms with Crippen LogP contribution in [0.15, 0.2) is 36.4 Å². The molecule has 0 fully saturated rings. The molecule has 0 spiro atoms. The molecule has 2 aromatic rings. The van der Waals surface area contributed by atoms with Gasteiger partial charge in [0.25, 0.3) is 0 Å². The molecule has 0 aromatic heterocycles. The average Bonchev–Trinajstić information content (AvgIpc) is 2.46. The maximum absolute atomic E-state index is 13.6. The minimum Gasteiger partial charge on any atom is -0.310 e. The third-order valence-corrected chi connectivity index (χ3v) is 3.33. The second-order valence-electron chi connectivity index (χ2n) is 4.85. The van der Waals surface area contributed by atoms with Crippen molar-refractivity contribution < 1.29 is 8.78 Å². The Balaban J connectivity index is 2.59. The van der Waals surface area contributed by atoms with Crippen LogP contribution in [0, 0.1) is 23.0 Å². The zero-order valence-corrected chi connectivity index (χ0v) is 12.0. The zero-order valence-electron chi connectivity index (χ0n) is 12.0. The Morgan fingerprint density at radius 1 is 1.14 bits per heavy atom. The summed E-state index contributed by atoms with van der Waals surface area (Å²) < 4.78 is 27.2. The van der Waals surface area contributed by atoms with E-state index < -0.39 is 5.82 Å². The number of hydrogen-bond donors (Lipinski definition) is 1. The second kappa shape index (κ2) is 6.47. The highest BCUT2D eigenvalue weighted by Gasteiger charge is 2.13. The molecule has 4 heteroatoms. The number of nitriles is 1. The minimum atomic E-state index is -0.504. The number of halogens is 2. The lowest BCUT2D eigenvalue weighted by atomic mass is 9.94. The van der Waals surface area contributed by atoms with E-state index >= 15 is 0 Å². The first-order valence-corrected chi connectivity index (χ1v) is 6.79. The summed E-state index contributed by atoms with van der Waals surface area (Å²) in [7, 11) is 0. The van der Waals surface area contributed by atoms with Crippen LogP contribution in [0.4, 0.5) is 8.78 Å². The summed E-state index contributed by atoms with van der Waals surface area (Å²) in [6.45, 7) is 4.71. The van der Waals surface area contributed by atoms with Crippen molar-refractivity contribution in [3.05, 3.63) is 59.2 Å². The summed E-state index contributed by atoms with van der Waals surface area (Å²) in [5.41, 5.74) is 2.19. The van der Waals surface area contributed by atoms with Crippen molar-refractivity contribution in [1.29, 1.82) is 5.26 Å². The first-order valence-electron chi connectivity index (χ1n) is 6.79. The Labute approximate surface area is 123 Å². The van der Waals surface area contributed by atoms with Crippen LogP contribution in [-0.4, -0.2) is 6.54 Å². The summed E-state index contributed by atoms with van der Waals surface area (Å²) in [5, 5.41) is 12.2. The van der Waals surface area contributed by atoms with E-state index in [4.69, 9.17) is 5.26 Å². The van der Waals surface area contributed by atoms with E-state index in [1.807, 2.05) is 19.9 Å². The lowest BCUT2D eigenvalue weighted by molar-refractivity contribution is 0.593. The Morgan fingerprint density at radius 2 is 1.90 bits per heavy atom. The van der Waals surface area contributed by atoms with Crippen molar-refractivity contribution in [2.24, 2.45) is 0 Å². The predicted molar refractivity (Wildman–Crippen MR) is 78.6 cm³/mol. The molecule has 108 valence electrons. The van der Waals surface area contributed by atoms with Crippen molar-refractivity contribution >= 4 is 0 Å². The molecule has 0 saturated carbocycles. The molecule has 0 radical (unpaired) electrons. The first kappa shape index (κ1) is 15.1. The largest absolute Gasteiger partial charge is 0.310 e. The molecule has 0 heterocycles. The summed E-state index contributed by atoms with van der Waals surface area (Å²) in [6, 6.07) is 10.4. The topological polar surface area (TPSA) is 35.8 Å². The Kier molecular flexibility index (Phi) is 4.66. The molecule has 0 bridgehead atoms. The van der Waals surface area contributed by atoms with Gasteiger partial charge in [-0.05, 0) is 60.5 Å². The Hall–Kier alpha value is -2.25. The fraction of sp³-hybridized carbons (Fsp3) is 0.235. The van der Waals surface area contributed by atoms with Crippen molar-refractivity contribution in [2.75, 3.05) is 6.54 Å².